The number of thiophene rings is 1. The van der Waals surface area contributed by atoms with Crippen LogP contribution >= 0.6 is 11.3 Å². The van der Waals surface area contributed by atoms with Gasteiger partial charge >= 0.3 is 6.18 Å². The van der Waals surface area contributed by atoms with Crippen LogP contribution in [0.5, 0.6) is 0 Å². The van der Waals surface area contributed by atoms with Gasteiger partial charge in [-0.3, -0.25) is 4.79 Å². The zero-order valence-corrected chi connectivity index (χ0v) is 17.8. The van der Waals surface area contributed by atoms with E-state index in [9.17, 15) is 23.1 Å². The van der Waals surface area contributed by atoms with E-state index in [0.717, 1.165) is 38.6 Å². The molecule has 166 valence electrons. The predicted molar refractivity (Wildman–Crippen MR) is 114 cm³/mol. The van der Waals surface area contributed by atoms with E-state index in [4.69, 9.17) is 4.74 Å². The van der Waals surface area contributed by atoms with Gasteiger partial charge < -0.3 is 14.7 Å². The van der Waals surface area contributed by atoms with Crippen molar-refractivity contribution in [3.05, 3.63) is 81.7 Å². The molecule has 1 fully saturated rings. The largest absolute Gasteiger partial charge is 0.416 e. The minimum absolute atomic E-state index is 0.0821. The summed E-state index contributed by atoms with van der Waals surface area (Å²) in [6, 6.07) is 14.1. The molecule has 2 aliphatic heterocycles. The average Bonchev–Trinajstić information content (AvgIpc) is 3.20. The maximum Gasteiger partial charge on any atom is 0.416 e. The van der Waals surface area contributed by atoms with Crippen LogP contribution in [0.3, 0.4) is 0 Å². The van der Waals surface area contributed by atoms with Crippen molar-refractivity contribution in [1.82, 2.24) is 4.90 Å². The second-order valence-corrected chi connectivity index (χ2v) is 9.35. The lowest BCUT2D eigenvalue weighted by Crippen LogP contribution is -2.46. The van der Waals surface area contributed by atoms with Crippen LogP contribution in [-0.4, -0.2) is 35.7 Å². The molecular formula is C24H20F3NO3S. The molecule has 3 heterocycles. The monoisotopic (exact) mass is 459 g/mol. The third-order valence-electron chi connectivity index (χ3n) is 6.00. The van der Waals surface area contributed by atoms with E-state index < -0.39 is 17.3 Å². The van der Waals surface area contributed by atoms with Gasteiger partial charge in [-0.1, -0.05) is 24.3 Å². The molecule has 32 heavy (non-hydrogen) atoms. The van der Waals surface area contributed by atoms with Crippen molar-refractivity contribution in [3.8, 4) is 10.4 Å². The molecule has 1 N–H and O–H groups in total. The fraction of sp³-hybridized carbons (Fsp3) is 0.292. The Kier molecular flexibility index (Phi) is 5.11. The third-order valence-corrected chi connectivity index (χ3v) is 7.29. The molecule has 5 rings (SSSR count). The number of carbonyl (C=O) groups is 1. The van der Waals surface area contributed by atoms with Crippen LogP contribution in [0.25, 0.3) is 10.4 Å². The first-order valence-electron chi connectivity index (χ1n) is 10.2. The number of hydrogen-bond donors (Lipinski definition) is 1. The molecule has 4 nitrogen and oxygen atoms in total. The van der Waals surface area contributed by atoms with Crippen LogP contribution < -0.4 is 0 Å². The summed E-state index contributed by atoms with van der Waals surface area (Å²) in [5, 5.41) is 10.3. The van der Waals surface area contributed by atoms with Crippen LogP contribution in [0, 0.1) is 0 Å². The Morgan fingerprint density at radius 2 is 1.75 bits per heavy atom. The van der Waals surface area contributed by atoms with E-state index in [1.54, 1.807) is 40.5 Å². The summed E-state index contributed by atoms with van der Waals surface area (Å²) in [5.41, 5.74) is 1.43. The Balaban J connectivity index is 1.31. The summed E-state index contributed by atoms with van der Waals surface area (Å²) in [7, 11) is 0. The molecule has 0 spiro atoms. The molecule has 0 radical (unpaired) electrons. The second-order valence-electron chi connectivity index (χ2n) is 8.21. The van der Waals surface area contributed by atoms with Gasteiger partial charge in [0.15, 0.2) is 0 Å². The summed E-state index contributed by atoms with van der Waals surface area (Å²) in [6.45, 7) is 1.56. The molecule has 8 heteroatoms. The molecule has 1 aromatic heterocycles. The van der Waals surface area contributed by atoms with Gasteiger partial charge in [0.1, 0.15) is 5.60 Å². The Morgan fingerprint density at radius 3 is 2.34 bits per heavy atom. The average molecular weight is 459 g/mol. The standard InChI is InChI=1S/C24H20F3NO3S/c25-24(26,27)19-7-1-15(2-8-19)21-11-17-12-28(10-9-20(17)32-21)22(29)16-3-5-18(6-4-16)23(30)13-31-14-23/h1-8,11,30H,9-10,12-14H2. The van der Waals surface area contributed by atoms with Crippen molar-refractivity contribution in [2.45, 2.75) is 24.7 Å². The summed E-state index contributed by atoms with van der Waals surface area (Å²) in [6.07, 6.45) is -3.64. The Labute approximate surface area is 186 Å². The van der Waals surface area contributed by atoms with Crippen molar-refractivity contribution >= 4 is 17.2 Å². The zero-order chi connectivity index (χ0) is 22.5. The third kappa shape index (κ3) is 3.83. The molecule has 2 aliphatic rings. The van der Waals surface area contributed by atoms with E-state index in [2.05, 4.69) is 0 Å². The topological polar surface area (TPSA) is 49.8 Å². The predicted octanol–water partition coefficient (Wildman–Crippen LogP) is 4.85. The summed E-state index contributed by atoms with van der Waals surface area (Å²) in [5.74, 6) is -0.0821. The number of carbonyl (C=O) groups excluding carboxylic acids is 1. The van der Waals surface area contributed by atoms with Gasteiger partial charge in [0.2, 0.25) is 0 Å². The Hall–Kier alpha value is -2.68. The van der Waals surface area contributed by atoms with Crippen LogP contribution in [0.2, 0.25) is 0 Å². The lowest BCUT2D eigenvalue weighted by molar-refractivity contribution is -0.184. The molecule has 1 amide bonds. The highest BCUT2D eigenvalue weighted by Gasteiger charge is 2.38. The molecule has 0 aliphatic carbocycles. The highest BCUT2D eigenvalue weighted by Crippen LogP contribution is 2.37. The van der Waals surface area contributed by atoms with E-state index in [1.165, 1.54) is 12.1 Å². The fourth-order valence-corrected chi connectivity index (χ4v) is 5.21. The first kappa shape index (κ1) is 21.2. The van der Waals surface area contributed by atoms with E-state index in [0.29, 0.717) is 25.1 Å². The number of hydrogen-bond acceptors (Lipinski definition) is 4. The number of benzene rings is 2. The quantitative estimate of drug-likeness (QED) is 0.609. The lowest BCUT2D eigenvalue weighted by atomic mass is 9.91. The number of alkyl halides is 3. The van der Waals surface area contributed by atoms with Crippen molar-refractivity contribution in [2.24, 2.45) is 0 Å². The van der Waals surface area contributed by atoms with E-state index in [1.807, 2.05) is 6.07 Å². The molecule has 1 saturated heterocycles. The van der Waals surface area contributed by atoms with Gasteiger partial charge in [-0.15, -0.1) is 11.3 Å². The minimum atomic E-state index is -4.35. The fourth-order valence-electron chi connectivity index (χ4n) is 4.04. The number of fused-ring (bicyclic) bond motifs is 1. The number of rotatable bonds is 3. The number of amides is 1. The summed E-state index contributed by atoms with van der Waals surface area (Å²) < 4.78 is 43.5. The van der Waals surface area contributed by atoms with Crippen molar-refractivity contribution in [2.75, 3.05) is 19.8 Å². The minimum Gasteiger partial charge on any atom is -0.380 e. The van der Waals surface area contributed by atoms with Gasteiger partial charge in [0, 0.05) is 28.4 Å². The number of halogens is 3. The van der Waals surface area contributed by atoms with Crippen LogP contribution in [0.4, 0.5) is 13.2 Å². The highest BCUT2D eigenvalue weighted by molar-refractivity contribution is 7.15. The smallest absolute Gasteiger partial charge is 0.380 e. The number of nitrogens with zero attached hydrogens (tertiary/aromatic N) is 1. The number of aliphatic hydroxyl groups is 1. The molecule has 0 bridgehead atoms. The second kappa shape index (κ2) is 7.72. The molecule has 0 atom stereocenters. The van der Waals surface area contributed by atoms with Gasteiger partial charge in [-0.05, 0) is 53.4 Å². The highest BCUT2D eigenvalue weighted by atomic mass is 32.1. The zero-order valence-electron chi connectivity index (χ0n) is 17.0. The maximum absolute atomic E-state index is 13.0. The lowest BCUT2D eigenvalue weighted by Gasteiger charge is -2.36. The van der Waals surface area contributed by atoms with Crippen LogP contribution in [-0.2, 0) is 29.5 Å². The normalized spacial score (nSPS) is 17.6. The summed E-state index contributed by atoms with van der Waals surface area (Å²) >= 11 is 1.57. The van der Waals surface area contributed by atoms with Crippen molar-refractivity contribution < 1.29 is 27.8 Å². The first-order valence-corrected chi connectivity index (χ1v) is 11.0. The molecule has 0 saturated carbocycles. The van der Waals surface area contributed by atoms with Gasteiger partial charge in [-0.25, -0.2) is 0 Å². The van der Waals surface area contributed by atoms with Crippen molar-refractivity contribution in [1.29, 1.82) is 0 Å². The molecule has 0 unspecified atom stereocenters. The Bertz CT molecular complexity index is 1150. The van der Waals surface area contributed by atoms with E-state index >= 15 is 0 Å². The van der Waals surface area contributed by atoms with Crippen molar-refractivity contribution in [3.63, 3.8) is 0 Å². The first-order chi connectivity index (χ1) is 15.2. The van der Waals surface area contributed by atoms with Gasteiger partial charge in [-0.2, -0.15) is 13.2 Å². The molecule has 2 aromatic carbocycles. The Morgan fingerprint density at radius 1 is 1.06 bits per heavy atom. The SMILES string of the molecule is O=C(c1ccc(C2(O)COC2)cc1)N1CCc2sc(-c3ccc(C(F)(F)F)cc3)cc2C1. The van der Waals surface area contributed by atoms with Crippen LogP contribution in [0.15, 0.2) is 54.6 Å². The number of ether oxygens (including phenoxy) is 1. The molecule has 3 aromatic rings. The maximum atomic E-state index is 13.0. The van der Waals surface area contributed by atoms with Gasteiger partial charge in [0.25, 0.3) is 5.91 Å². The van der Waals surface area contributed by atoms with Crippen LogP contribution in [0.1, 0.15) is 31.9 Å². The van der Waals surface area contributed by atoms with E-state index in [-0.39, 0.29) is 19.1 Å². The summed E-state index contributed by atoms with van der Waals surface area (Å²) in [4.78, 5) is 16.8. The van der Waals surface area contributed by atoms with Gasteiger partial charge in [0.05, 0.1) is 18.8 Å². The molecular weight excluding hydrogens is 439 g/mol.